The van der Waals surface area contributed by atoms with E-state index in [2.05, 4.69) is 22.8 Å². The predicted octanol–water partition coefficient (Wildman–Crippen LogP) is 4.95. The van der Waals surface area contributed by atoms with Gasteiger partial charge in [0, 0.05) is 17.8 Å². The van der Waals surface area contributed by atoms with Crippen LogP contribution in [0, 0.1) is 11.3 Å². The lowest BCUT2D eigenvalue weighted by molar-refractivity contribution is -0.112. The SMILES string of the molecule is N#C/C(=C/NCCCCc1ccccc1)C(=O)Nc1cc(Cl)ccc1Cl. The van der Waals surface area contributed by atoms with E-state index in [9.17, 15) is 10.1 Å². The molecule has 4 nitrogen and oxygen atoms in total. The van der Waals surface area contributed by atoms with Gasteiger partial charge in [0.25, 0.3) is 5.91 Å². The second-order valence-electron chi connectivity index (χ2n) is 5.64. The summed E-state index contributed by atoms with van der Waals surface area (Å²) in [5, 5.41) is 15.6. The molecule has 0 saturated heterocycles. The smallest absolute Gasteiger partial charge is 0.267 e. The van der Waals surface area contributed by atoms with Crippen LogP contribution in [0.4, 0.5) is 5.69 Å². The first-order chi connectivity index (χ1) is 12.6. The zero-order valence-corrected chi connectivity index (χ0v) is 15.6. The summed E-state index contributed by atoms with van der Waals surface area (Å²) in [6.07, 6.45) is 4.39. The molecule has 2 rings (SSSR count). The van der Waals surface area contributed by atoms with Gasteiger partial charge in [0.1, 0.15) is 11.6 Å². The van der Waals surface area contributed by atoms with E-state index in [0.29, 0.717) is 22.3 Å². The van der Waals surface area contributed by atoms with Crippen LogP contribution in [0.25, 0.3) is 0 Å². The Bertz CT molecular complexity index is 814. The summed E-state index contributed by atoms with van der Waals surface area (Å²) in [6.45, 7) is 0.684. The topological polar surface area (TPSA) is 64.9 Å². The first kappa shape index (κ1) is 19.8. The number of hydrogen-bond donors (Lipinski definition) is 2. The summed E-state index contributed by atoms with van der Waals surface area (Å²) in [4.78, 5) is 12.2. The maximum Gasteiger partial charge on any atom is 0.267 e. The number of unbranched alkanes of at least 4 members (excludes halogenated alkanes) is 1. The molecule has 6 heteroatoms. The number of carbonyl (C=O) groups is 1. The van der Waals surface area contributed by atoms with Crippen molar-refractivity contribution in [3.05, 3.63) is 75.9 Å². The number of nitrogens with zero attached hydrogens (tertiary/aromatic N) is 1. The maximum absolute atomic E-state index is 12.2. The number of nitriles is 1. The summed E-state index contributed by atoms with van der Waals surface area (Å²) in [6, 6.07) is 16.9. The molecule has 0 aromatic heterocycles. The van der Waals surface area contributed by atoms with E-state index in [1.807, 2.05) is 24.3 Å². The average Bonchev–Trinajstić information content (AvgIpc) is 2.65. The molecule has 0 saturated carbocycles. The molecule has 0 heterocycles. The third-order valence-corrected chi connectivity index (χ3v) is 4.23. The molecule has 2 aromatic rings. The van der Waals surface area contributed by atoms with Crippen molar-refractivity contribution in [1.82, 2.24) is 5.32 Å². The van der Waals surface area contributed by atoms with Gasteiger partial charge in [-0.3, -0.25) is 4.79 Å². The molecule has 0 aliphatic heterocycles. The number of carbonyl (C=O) groups excluding carboxylic acids is 1. The van der Waals surface area contributed by atoms with Gasteiger partial charge in [0.05, 0.1) is 10.7 Å². The lowest BCUT2D eigenvalue weighted by Crippen LogP contribution is -2.17. The fourth-order valence-corrected chi connectivity index (χ4v) is 2.64. The molecule has 134 valence electrons. The first-order valence-electron chi connectivity index (χ1n) is 8.24. The van der Waals surface area contributed by atoms with Crippen molar-refractivity contribution >= 4 is 34.8 Å². The summed E-state index contributed by atoms with van der Waals surface area (Å²) < 4.78 is 0. The lowest BCUT2D eigenvalue weighted by Gasteiger charge is -2.07. The average molecular weight is 388 g/mol. The highest BCUT2D eigenvalue weighted by Gasteiger charge is 2.11. The van der Waals surface area contributed by atoms with Crippen molar-refractivity contribution in [3.8, 4) is 6.07 Å². The highest BCUT2D eigenvalue weighted by atomic mass is 35.5. The Balaban J connectivity index is 1.79. The second kappa shape index (κ2) is 10.5. The van der Waals surface area contributed by atoms with Crippen LogP contribution in [0.15, 0.2) is 60.3 Å². The number of rotatable bonds is 8. The number of nitrogens with one attached hydrogen (secondary N) is 2. The number of amides is 1. The quantitative estimate of drug-likeness (QED) is 0.382. The van der Waals surface area contributed by atoms with Gasteiger partial charge in [-0.25, -0.2) is 0 Å². The van der Waals surface area contributed by atoms with Crippen LogP contribution in [0.2, 0.25) is 10.0 Å². The van der Waals surface area contributed by atoms with Gasteiger partial charge in [0.2, 0.25) is 0 Å². The Kier molecular flexibility index (Phi) is 8.01. The summed E-state index contributed by atoms with van der Waals surface area (Å²) in [5.41, 5.74) is 1.65. The van der Waals surface area contributed by atoms with E-state index in [1.165, 1.54) is 17.8 Å². The predicted molar refractivity (Wildman–Crippen MR) is 106 cm³/mol. The fraction of sp³-hybridized carbons (Fsp3) is 0.200. The minimum Gasteiger partial charge on any atom is -0.390 e. The van der Waals surface area contributed by atoms with Gasteiger partial charge in [0.15, 0.2) is 0 Å². The molecule has 2 N–H and O–H groups in total. The molecule has 26 heavy (non-hydrogen) atoms. The van der Waals surface area contributed by atoms with Crippen LogP contribution in [0.1, 0.15) is 18.4 Å². The zero-order valence-electron chi connectivity index (χ0n) is 14.1. The van der Waals surface area contributed by atoms with Crippen molar-refractivity contribution in [3.63, 3.8) is 0 Å². The monoisotopic (exact) mass is 387 g/mol. The minimum absolute atomic E-state index is 0.0240. The summed E-state index contributed by atoms with van der Waals surface area (Å²) in [5.74, 6) is -0.534. The molecule has 0 unspecified atom stereocenters. The van der Waals surface area contributed by atoms with Gasteiger partial charge >= 0.3 is 0 Å². The van der Waals surface area contributed by atoms with Gasteiger partial charge in [-0.15, -0.1) is 0 Å². The molecule has 0 spiro atoms. The van der Waals surface area contributed by atoms with E-state index in [1.54, 1.807) is 12.1 Å². The van der Waals surface area contributed by atoms with Crippen LogP contribution >= 0.6 is 23.2 Å². The molecule has 1 amide bonds. The van der Waals surface area contributed by atoms with E-state index in [4.69, 9.17) is 23.2 Å². The number of anilines is 1. The maximum atomic E-state index is 12.2. The summed E-state index contributed by atoms with van der Waals surface area (Å²) in [7, 11) is 0. The van der Waals surface area contributed by atoms with E-state index in [0.717, 1.165) is 19.3 Å². The van der Waals surface area contributed by atoms with Crippen LogP contribution < -0.4 is 10.6 Å². The van der Waals surface area contributed by atoms with Gasteiger partial charge in [-0.05, 0) is 43.0 Å². The Morgan fingerprint density at radius 2 is 1.88 bits per heavy atom. The van der Waals surface area contributed by atoms with E-state index >= 15 is 0 Å². The second-order valence-corrected chi connectivity index (χ2v) is 6.49. The van der Waals surface area contributed by atoms with E-state index in [-0.39, 0.29) is 5.57 Å². The molecule has 0 radical (unpaired) electrons. The number of hydrogen-bond acceptors (Lipinski definition) is 3. The number of halogens is 2. The lowest BCUT2D eigenvalue weighted by atomic mass is 10.1. The fourth-order valence-electron chi connectivity index (χ4n) is 2.31. The Morgan fingerprint density at radius 3 is 2.62 bits per heavy atom. The Morgan fingerprint density at radius 1 is 1.12 bits per heavy atom. The van der Waals surface area contributed by atoms with Crippen LogP contribution in [0.5, 0.6) is 0 Å². The normalized spacial score (nSPS) is 10.9. The zero-order chi connectivity index (χ0) is 18.8. The van der Waals surface area contributed by atoms with Gasteiger partial charge in [-0.2, -0.15) is 5.26 Å². The molecule has 0 bridgehead atoms. The highest BCUT2D eigenvalue weighted by Crippen LogP contribution is 2.25. The third kappa shape index (κ3) is 6.44. The van der Waals surface area contributed by atoms with Crippen LogP contribution in [0.3, 0.4) is 0 Å². The first-order valence-corrected chi connectivity index (χ1v) is 8.99. The molecule has 0 atom stereocenters. The minimum atomic E-state index is -0.534. The third-order valence-electron chi connectivity index (χ3n) is 3.67. The van der Waals surface area contributed by atoms with Gasteiger partial charge in [-0.1, -0.05) is 53.5 Å². The largest absolute Gasteiger partial charge is 0.390 e. The van der Waals surface area contributed by atoms with Crippen molar-refractivity contribution in [1.29, 1.82) is 5.26 Å². The molecule has 2 aromatic carbocycles. The molecule has 0 aliphatic carbocycles. The van der Waals surface area contributed by atoms with E-state index < -0.39 is 5.91 Å². The van der Waals surface area contributed by atoms with Crippen molar-refractivity contribution in [2.24, 2.45) is 0 Å². The number of aryl methyl sites for hydroxylation is 1. The highest BCUT2D eigenvalue weighted by molar-refractivity contribution is 6.35. The standard InChI is InChI=1S/C20H19Cl2N3O/c21-17-9-10-18(22)19(12-17)25-20(26)16(13-23)14-24-11-5-4-8-15-6-2-1-3-7-15/h1-3,6-7,9-10,12,14,24H,4-5,8,11H2,(H,25,26)/b16-14-. The van der Waals surface area contributed by atoms with Crippen molar-refractivity contribution in [2.45, 2.75) is 19.3 Å². The van der Waals surface area contributed by atoms with Crippen LogP contribution in [-0.4, -0.2) is 12.5 Å². The Hall–Kier alpha value is -2.48. The summed E-state index contributed by atoms with van der Waals surface area (Å²) >= 11 is 11.9. The molecular formula is C20H19Cl2N3O. The molecule has 0 aliphatic rings. The number of benzene rings is 2. The Labute approximate surface area is 163 Å². The van der Waals surface area contributed by atoms with Crippen molar-refractivity contribution in [2.75, 3.05) is 11.9 Å². The molecule has 0 fully saturated rings. The molecular weight excluding hydrogens is 369 g/mol. The van der Waals surface area contributed by atoms with Crippen LogP contribution in [-0.2, 0) is 11.2 Å². The van der Waals surface area contributed by atoms with Crippen molar-refractivity contribution < 1.29 is 4.79 Å². The van der Waals surface area contributed by atoms with Gasteiger partial charge < -0.3 is 10.6 Å².